The third kappa shape index (κ3) is 2.78. The number of nitrogens with one attached hydrogen (secondary N) is 1. The smallest absolute Gasteiger partial charge is 0.229 e. The molecule has 1 aliphatic rings. The highest BCUT2D eigenvalue weighted by atomic mass is 16.2. The van der Waals surface area contributed by atoms with Gasteiger partial charge in [-0.3, -0.25) is 14.5 Å². The first-order valence-corrected chi connectivity index (χ1v) is 5.60. The van der Waals surface area contributed by atoms with Crippen molar-refractivity contribution < 1.29 is 9.59 Å². The highest BCUT2D eigenvalue weighted by Crippen LogP contribution is 2.15. The first-order chi connectivity index (χ1) is 7.10. The number of hydrogen-bond donors (Lipinski definition) is 1. The summed E-state index contributed by atoms with van der Waals surface area (Å²) in [6.45, 7) is 4.76. The number of hydrogen-bond acceptors (Lipinski definition) is 3. The lowest BCUT2D eigenvalue weighted by Gasteiger charge is -2.26. The minimum atomic E-state index is -0.0245. The Morgan fingerprint density at radius 3 is 2.27 bits per heavy atom. The summed E-state index contributed by atoms with van der Waals surface area (Å²) in [7, 11) is 1.88. The van der Waals surface area contributed by atoms with Crippen LogP contribution in [0, 0.1) is 5.92 Å². The maximum absolute atomic E-state index is 11.4. The molecule has 4 heteroatoms. The van der Waals surface area contributed by atoms with Crippen LogP contribution in [0.1, 0.15) is 33.1 Å². The van der Waals surface area contributed by atoms with Crippen molar-refractivity contribution in [3.63, 3.8) is 0 Å². The van der Waals surface area contributed by atoms with Crippen molar-refractivity contribution in [2.45, 2.75) is 39.2 Å². The summed E-state index contributed by atoms with van der Waals surface area (Å²) in [5, 5.41) is 3.17. The molecule has 2 amide bonds. The fraction of sp³-hybridized carbons (Fsp3) is 0.818. The number of carbonyl (C=O) groups excluding carboxylic acids is 2. The maximum atomic E-state index is 11.4. The van der Waals surface area contributed by atoms with E-state index in [4.69, 9.17) is 0 Å². The zero-order chi connectivity index (χ0) is 11.4. The molecule has 4 nitrogen and oxygen atoms in total. The molecule has 2 atom stereocenters. The van der Waals surface area contributed by atoms with Gasteiger partial charge in [-0.2, -0.15) is 0 Å². The van der Waals surface area contributed by atoms with E-state index in [1.165, 1.54) is 4.90 Å². The van der Waals surface area contributed by atoms with E-state index in [0.717, 1.165) is 6.42 Å². The third-order valence-electron chi connectivity index (χ3n) is 3.24. The van der Waals surface area contributed by atoms with Crippen LogP contribution in [0.15, 0.2) is 0 Å². The minimum Gasteiger partial charge on any atom is -0.315 e. The average molecular weight is 212 g/mol. The van der Waals surface area contributed by atoms with E-state index in [1.807, 2.05) is 7.05 Å². The van der Waals surface area contributed by atoms with Crippen molar-refractivity contribution >= 4 is 11.8 Å². The van der Waals surface area contributed by atoms with Gasteiger partial charge < -0.3 is 5.32 Å². The van der Waals surface area contributed by atoms with Crippen LogP contribution in [0.3, 0.4) is 0 Å². The Balaban J connectivity index is 2.58. The molecule has 1 heterocycles. The molecule has 1 rings (SSSR count). The zero-order valence-electron chi connectivity index (χ0n) is 9.75. The average Bonchev–Trinajstić information content (AvgIpc) is 2.55. The van der Waals surface area contributed by atoms with Crippen molar-refractivity contribution in [3.8, 4) is 0 Å². The summed E-state index contributed by atoms with van der Waals surface area (Å²) in [5.74, 6) is 0.420. The number of likely N-dealkylation sites (N-methyl/N-ethyl adjacent to an activating group) is 1. The molecule has 2 unspecified atom stereocenters. The first-order valence-electron chi connectivity index (χ1n) is 5.60. The molecule has 0 radical (unpaired) electrons. The lowest BCUT2D eigenvalue weighted by molar-refractivity contribution is -0.138. The van der Waals surface area contributed by atoms with Gasteiger partial charge in [0, 0.05) is 25.4 Å². The quantitative estimate of drug-likeness (QED) is 0.685. The van der Waals surface area contributed by atoms with E-state index < -0.39 is 0 Å². The van der Waals surface area contributed by atoms with Gasteiger partial charge in [-0.15, -0.1) is 0 Å². The molecule has 0 aromatic heterocycles. The topological polar surface area (TPSA) is 49.4 Å². The van der Waals surface area contributed by atoms with E-state index in [9.17, 15) is 9.59 Å². The highest BCUT2D eigenvalue weighted by molar-refractivity contribution is 6.01. The van der Waals surface area contributed by atoms with Gasteiger partial charge in [0.1, 0.15) is 0 Å². The summed E-state index contributed by atoms with van der Waals surface area (Å²) < 4.78 is 0. The van der Waals surface area contributed by atoms with Crippen LogP contribution >= 0.6 is 0 Å². The van der Waals surface area contributed by atoms with Gasteiger partial charge in [-0.1, -0.05) is 20.3 Å². The minimum absolute atomic E-state index is 0.0245. The van der Waals surface area contributed by atoms with Crippen molar-refractivity contribution in [3.05, 3.63) is 0 Å². The van der Waals surface area contributed by atoms with Gasteiger partial charge in [0.2, 0.25) is 11.8 Å². The number of likely N-dealkylation sites (tertiary alicyclic amines) is 1. The van der Waals surface area contributed by atoms with Crippen LogP contribution < -0.4 is 5.32 Å². The molecule has 1 N–H and O–H groups in total. The number of imide groups is 1. The molecule has 0 aromatic carbocycles. The van der Waals surface area contributed by atoms with Crippen molar-refractivity contribution in [2.75, 3.05) is 13.6 Å². The molecule has 0 aromatic rings. The molecule has 15 heavy (non-hydrogen) atoms. The lowest BCUT2D eigenvalue weighted by atomic mass is 9.99. The maximum Gasteiger partial charge on any atom is 0.229 e. The second kappa shape index (κ2) is 5.26. The standard InChI is InChI=1S/C11H20N2O2/c1-4-8(2)9(12-3)7-13-10(14)5-6-11(13)15/h8-9,12H,4-7H2,1-3H3. The van der Waals surface area contributed by atoms with Crippen molar-refractivity contribution in [2.24, 2.45) is 5.92 Å². The second-order valence-corrected chi connectivity index (χ2v) is 4.18. The largest absolute Gasteiger partial charge is 0.315 e. The number of nitrogens with zero attached hydrogens (tertiary/aromatic N) is 1. The van der Waals surface area contributed by atoms with E-state index in [0.29, 0.717) is 25.3 Å². The Bertz CT molecular complexity index is 237. The van der Waals surface area contributed by atoms with Gasteiger partial charge in [-0.05, 0) is 13.0 Å². The van der Waals surface area contributed by atoms with E-state index in [2.05, 4.69) is 19.2 Å². The molecular formula is C11H20N2O2. The Hall–Kier alpha value is -0.900. The number of amides is 2. The molecule has 0 spiro atoms. The van der Waals surface area contributed by atoms with Crippen molar-refractivity contribution in [1.82, 2.24) is 10.2 Å². The van der Waals surface area contributed by atoms with Gasteiger partial charge in [0.05, 0.1) is 0 Å². The predicted molar refractivity (Wildman–Crippen MR) is 58.3 cm³/mol. The Kier molecular flexibility index (Phi) is 4.27. The van der Waals surface area contributed by atoms with Crippen LogP contribution in [0.5, 0.6) is 0 Å². The van der Waals surface area contributed by atoms with Crippen LogP contribution in [0.2, 0.25) is 0 Å². The molecule has 0 bridgehead atoms. The molecule has 0 aliphatic carbocycles. The normalized spacial score (nSPS) is 20.9. The summed E-state index contributed by atoms with van der Waals surface area (Å²) in [4.78, 5) is 24.2. The molecule has 86 valence electrons. The Morgan fingerprint density at radius 2 is 1.87 bits per heavy atom. The third-order valence-corrected chi connectivity index (χ3v) is 3.24. The molecule has 1 fully saturated rings. The SMILES string of the molecule is CCC(C)C(CN1C(=O)CCC1=O)NC. The van der Waals surface area contributed by atoms with Crippen LogP contribution in [0.4, 0.5) is 0 Å². The number of rotatable bonds is 5. The second-order valence-electron chi connectivity index (χ2n) is 4.18. The van der Waals surface area contributed by atoms with Crippen molar-refractivity contribution in [1.29, 1.82) is 0 Å². The summed E-state index contributed by atoms with van der Waals surface area (Å²) in [6.07, 6.45) is 1.81. The Labute approximate surface area is 91.0 Å². The molecule has 1 saturated heterocycles. The summed E-state index contributed by atoms with van der Waals surface area (Å²) in [6, 6.07) is 0.209. The molecule has 1 aliphatic heterocycles. The van der Waals surface area contributed by atoms with E-state index in [-0.39, 0.29) is 17.9 Å². The number of carbonyl (C=O) groups is 2. The van der Waals surface area contributed by atoms with E-state index in [1.54, 1.807) is 0 Å². The summed E-state index contributed by atoms with van der Waals surface area (Å²) >= 11 is 0. The van der Waals surface area contributed by atoms with Gasteiger partial charge in [0.15, 0.2) is 0 Å². The first kappa shape index (κ1) is 12.2. The van der Waals surface area contributed by atoms with Gasteiger partial charge in [-0.25, -0.2) is 0 Å². The Morgan fingerprint density at radius 1 is 1.33 bits per heavy atom. The van der Waals surface area contributed by atoms with Crippen LogP contribution in [-0.4, -0.2) is 36.3 Å². The van der Waals surface area contributed by atoms with Gasteiger partial charge >= 0.3 is 0 Å². The monoisotopic (exact) mass is 212 g/mol. The van der Waals surface area contributed by atoms with E-state index >= 15 is 0 Å². The lowest BCUT2D eigenvalue weighted by Crippen LogP contribution is -2.45. The fourth-order valence-electron chi connectivity index (χ4n) is 1.86. The predicted octanol–water partition coefficient (Wildman–Crippen LogP) is 0.769. The highest BCUT2D eigenvalue weighted by Gasteiger charge is 2.31. The summed E-state index contributed by atoms with van der Waals surface area (Å²) in [5.41, 5.74) is 0. The van der Waals surface area contributed by atoms with Crippen LogP contribution in [0.25, 0.3) is 0 Å². The van der Waals surface area contributed by atoms with Crippen LogP contribution in [-0.2, 0) is 9.59 Å². The molecular weight excluding hydrogens is 192 g/mol. The fourth-order valence-corrected chi connectivity index (χ4v) is 1.86. The molecule has 0 saturated carbocycles. The zero-order valence-corrected chi connectivity index (χ0v) is 9.75. The van der Waals surface area contributed by atoms with Gasteiger partial charge in [0.25, 0.3) is 0 Å².